The number of aromatic hydroxyl groups is 1. The molecule has 0 fully saturated rings. The second kappa shape index (κ2) is 7.47. The van der Waals surface area contributed by atoms with E-state index < -0.39 is 58.0 Å². The van der Waals surface area contributed by atoms with E-state index in [2.05, 4.69) is 11.8 Å². The number of phenols is 1. The number of amides is 1. The fourth-order valence-electron chi connectivity index (χ4n) is 5.50. The highest BCUT2D eigenvalue weighted by Crippen LogP contribution is 2.52. The quantitative estimate of drug-likeness (QED) is 0.320. The number of likely N-dealkylation sites (N-methyl/N-ethyl adjacent to an activating group) is 1. The van der Waals surface area contributed by atoms with Crippen LogP contribution in [0.15, 0.2) is 34.8 Å². The van der Waals surface area contributed by atoms with E-state index >= 15 is 0 Å². The van der Waals surface area contributed by atoms with Gasteiger partial charge < -0.3 is 26.2 Å². The van der Waals surface area contributed by atoms with Crippen molar-refractivity contribution in [3.63, 3.8) is 0 Å². The van der Waals surface area contributed by atoms with E-state index in [0.717, 1.165) is 0 Å². The van der Waals surface area contributed by atoms with Gasteiger partial charge in [-0.1, -0.05) is 5.92 Å². The lowest BCUT2D eigenvalue weighted by atomic mass is 9.58. The van der Waals surface area contributed by atoms with Gasteiger partial charge in [-0.15, -0.1) is 5.92 Å². The van der Waals surface area contributed by atoms with Gasteiger partial charge in [-0.2, -0.15) is 0 Å². The van der Waals surface area contributed by atoms with Crippen LogP contribution < -0.4 is 5.73 Å². The number of hydrogen-bond donors (Lipinski definition) is 5. The molecule has 4 atom stereocenters. The molecule has 0 saturated heterocycles. The topological polar surface area (TPSA) is 161 Å². The van der Waals surface area contributed by atoms with Crippen molar-refractivity contribution in [1.29, 1.82) is 0 Å². The van der Waals surface area contributed by atoms with Crippen LogP contribution in [0.2, 0.25) is 0 Å². The van der Waals surface area contributed by atoms with Crippen LogP contribution in [0.4, 0.5) is 0 Å². The van der Waals surface area contributed by atoms with Crippen molar-refractivity contribution in [2.24, 2.45) is 17.6 Å². The van der Waals surface area contributed by atoms with E-state index in [1.807, 2.05) is 0 Å². The average molecular weight is 452 g/mol. The number of aliphatic hydroxyl groups is 3. The fraction of sp³-hybridized carbons (Fsp3) is 0.375. The SMILES string of the molecule is CC#Cc1ccc(O)c2c1C[C@@H]1C[C@H]3[C@H](N(C)C)C(O)=C(C(N)=O)C(=O)[C@]3(O)C(O)=C1C2=O. The number of benzene rings is 1. The number of fused-ring (bicyclic) bond motifs is 3. The molecule has 0 heterocycles. The van der Waals surface area contributed by atoms with Crippen LogP contribution in [0.5, 0.6) is 5.75 Å². The summed E-state index contributed by atoms with van der Waals surface area (Å²) in [6.45, 7) is 1.64. The number of nitrogens with two attached hydrogens (primary N) is 1. The largest absolute Gasteiger partial charge is 0.510 e. The Morgan fingerprint density at radius 2 is 1.88 bits per heavy atom. The number of phenolic OH excluding ortho intramolecular Hbond substituents is 1. The van der Waals surface area contributed by atoms with Gasteiger partial charge in [0.1, 0.15) is 22.8 Å². The Kier molecular flexibility index (Phi) is 5.11. The van der Waals surface area contributed by atoms with E-state index in [1.54, 1.807) is 27.1 Å². The summed E-state index contributed by atoms with van der Waals surface area (Å²) in [6.07, 6.45) is 0.257. The molecule has 0 aliphatic heterocycles. The molecule has 1 aromatic rings. The molecule has 0 saturated carbocycles. The highest BCUT2D eigenvalue weighted by Gasteiger charge is 2.63. The number of allylic oxidation sites excluding steroid dienone is 1. The Hall–Kier alpha value is -3.61. The van der Waals surface area contributed by atoms with Crippen molar-refractivity contribution in [3.8, 4) is 17.6 Å². The Labute approximate surface area is 189 Å². The smallest absolute Gasteiger partial charge is 0.255 e. The summed E-state index contributed by atoms with van der Waals surface area (Å²) in [5.74, 6) is -1.00. The Balaban J connectivity index is 1.98. The van der Waals surface area contributed by atoms with Crippen LogP contribution >= 0.6 is 0 Å². The van der Waals surface area contributed by atoms with Gasteiger partial charge in [0.05, 0.1) is 11.6 Å². The van der Waals surface area contributed by atoms with E-state index in [4.69, 9.17) is 5.73 Å². The van der Waals surface area contributed by atoms with Gasteiger partial charge >= 0.3 is 0 Å². The number of carbonyl (C=O) groups excluding carboxylic acids is 3. The van der Waals surface area contributed by atoms with Crippen molar-refractivity contribution in [1.82, 2.24) is 4.90 Å². The Morgan fingerprint density at radius 1 is 1.21 bits per heavy atom. The molecule has 9 heteroatoms. The molecule has 1 aromatic carbocycles. The van der Waals surface area contributed by atoms with Crippen LogP contribution in [-0.2, 0) is 16.0 Å². The zero-order valence-corrected chi connectivity index (χ0v) is 18.3. The number of primary amides is 1. The number of carbonyl (C=O) groups is 3. The summed E-state index contributed by atoms with van der Waals surface area (Å²) >= 11 is 0. The molecule has 33 heavy (non-hydrogen) atoms. The number of nitrogens with zero attached hydrogens (tertiary/aromatic N) is 1. The molecule has 3 aliphatic rings. The molecule has 0 spiro atoms. The molecule has 0 bridgehead atoms. The monoisotopic (exact) mass is 452 g/mol. The second-order valence-corrected chi connectivity index (χ2v) is 8.82. The van der Waals surface area contributed by atoms with Crippen LogP contribution in [0.1, 0.15) is 34.8 Å². The number of Topliss-reactive ketones (excluding diaryl/α,β-unsaturated/α-hetero) is 2. The summed E-state index contributed by atoms with van der Waals surface area (Å²) < 4.78 is 0. The average Bonchev–Trinajstić information content (AvgIpc) is 2.72. The van der Waals surface area contributed by atoms with Gasteiger partial charge in [-0.3, -0.25) is 19.3 Å². The normalized spacial score (nSPS) is 28.7. The first-order valence-corrected chi connectivity index (χ1v) is 10.4. The lowest BCUT2D eigenvalue weighted by molar-refractivity contribution is -0.148. The van der Waals surface area contributed by atoms with Crippen LogP contribution in [0, 0.1) is 23.7 Å². The lowest BCUT2D eigenvalue weighted by Gasteiger charge is -2.50. The first kappa shape index (κ1) is 22.6. The molecule has 0 aromatic heterocycles. The highest BCUT2D eigenvalue weighted by atomic mass is 16.3. The summed E-state index contributed by atoms with van der Waals surface area (Å²) in [5.41, 5.74) is 2.68. The molecule has 172 valence electrons. The zero-order chi connectivity index (χ0) is 24.4. The third-order valence-corrected chi connectivity index (χ3v) is 6.87. The molecule has 4 rings (SSSR count). The van der Waals surface area contributed by atoms with Gasteiger partial charge in [0, 0.05) is 17.1 Å². The van der Waals surface area contributed by atoms with Crippen molar-refractivity contribution in [2.45, 2.75) is 31.4 Å². The number of aliphatic hydroxyl groups excluding tert-OH is 2. The van der Waals surface area contributed by atoms with E-state index in [-0.39, 0.29) is 29.7 Å². The minimum Gasteiger partial charge on any atom is -0.510 e. The van der Waals surface area contributed by atoms with Gasteiger partial charge in [0.25, 0.3) is 5.91 Å². The molecular formula is C24H24N2O7. The first-order chi connectivity index (χ1) is 15.5. The molecule has 0 unspecified atom stereocenters. The number of rotatable bonds is 2. The van der Waals surface area contributed by atoms with Gasteiger partial charge in [0.15, 0.2) is 11.4 Å². The Bertz CT molecular complexity index is 1250. The molecule has 3 aliphatic carbocycles. The maximum Gasteiger partial charge on any atom is 0.255 e. The number of hydrogen-bond acceptors (Lipinski definition) is 8. The minimum atomic E-state index is -2.64. The minimum absolute atomic E-state index is 0.0421. The van der Waals surface area contributed by atoms with Gasteiger partial charge in [0.2, 0.25) is 5.78 Å². The standard InChI is InChI=1S/C24H24N2O7/c1-4-5-10-6-7-14(27)16-12(10)8-11-9-13-18(26(2)3)20(29)17(23(25)32)22(31)24(13,33)21(30)15(11)19(16)28/h6-7,11,13,18,27,29-30,33H,8-9H2,1-3H3,(H2,25,32)/t11-,13+,18+,24-/m1/s1. The summed E-state index contributed by atoms with van der Waals surface area (Å²) in [4.78, 5) is 40.1. The zero-order valence-electron chi connectivity index (χ0n) is 18.3. The van der Waals surface area contributed by atoms with E-state index in [0.29, 0.717) is 11.1 Å². The van der Waals surface area contributed by atoms with Crippen LogP contribution in [0.25, 0.3) is 0 Å². The first-order valence-electron chi connectivity index (χ1n) is 10.4. The van der Waals surface area contributed by atoms with Crippen LogP contribution in [0.3, 0.4) is 0 Å². The fourth-order valence-corrected chi connectivity index (χ4v) is 5.50. The third kappa shape index (κ3) is 2.91. The number of ketones is 2. The molecule has 0 radical (unpaired) electrons. The van der Waals surface area contributed by atoms with E-state index in [9.17, 15) is 34.8 Å². The predicted octanol–water partition coefficient (Wildman–Crippen LogP) is 0.492. The molecular weight excluding hydrogens is 428 g/mol. The molecule has 1 amide bonds. The van der Waals surface area contributed by atoms with Crippen molar-refractivity contribution in [3.05, 3.63) is 51.5 Å². The second-order valence-electron chi connectivity index (χ2n) is 8.82. The lowest BCUT2D eigenvalue weighted by Crippen LogP contribution is -2.63. The van der Waals surface area contributed by atoms with Crippen molar-refractivity contribution >= 4 is 17.5 Å². The van der Waals surface area contributed by atoms with Gasteiger partial charge in [-0.05, 0) is 57.5 Å². The van der Waals surface area contributed by atoms with Gasteiger partial charge in [-0.25, -0.2) is 0 Å². The maximum atomic E-state index is 13.4. The van der Waals surface area contributed by atoms with Crippen molar-refractivity contribution in [2.75, 3.05) is 14.1 Å². The summed E-state index contributed by atoms with van der Waals surface area (Å²) in [6, 6.07) is 1.91. The predicted molar refractivity (Wildman–Crippen MR) is 116 cm³/mol. The highest BCUT2D eigenvalue weighted by molar-refractivity contribution is 6.24. The molecule has 6 N–H and O–H groups in total. The summed E-state index contributed by atoms with van der Waals surface area (Å²) in [7, 11) is 3.17. The third-order valence-electron chi connectivity index (χ3n) is 6.87. The molecule has 9 nitrogen and oxygen atoms in total. The maximum absolute atomic E-state index is 13.4. The Morgan fingerprint density at radius 3 is 2.45 bits per heavy atom. The van der Waals surface area contributed by atoms with Crippen LogP contribution in [-0.4, -0.2) is 68.5 Å². The van der Waals surface area contributed by atoms with Crippen molar-refractivity contribution < 1.29 is 34.8 Å². The van der Waals surface area contributed by atoms with E-state index in [1.165, 1.54) is 11.0 Å². The summed E-state index contributed by atoms with van der Waals surface area (Å²) in [5, 5.41) is 43.8.